The minimum Gasteiger partial charge on any atom is -0.493 e. The van der Waals surface area contributed by atoms with Crippen LogP contribution in [0.1, 0.15) is 47.3 Å². The molecule has 38 heavy (non-hydrogen) atoms. The number of hydrogen-bond acceptors (Lipinski definition) is 6. The van der Waals surface area contributed by atoms with Gasteiger partial charge >= 0.3 is 0 Å². The summed E-state index contributed by atoms with van der Waals surface area (Å²) >= 11 is 5.89. The number of carbonyl (C=O) groups excluding carboxylic acids is 2. The van der Waals surface area contributed by atoms with Crippen molar-refractivity contribution < 1.29 is 19.1 Å². The van der Waals surface area contributed by atoms with Crippen molar-refractivity contribution in [2.45, 2.75) is 32.9 Å². The van der Waals surface area contributed by atoms with Gasteiger partial charge in [0.15, 0.2) is 11.5 Å². The molecule has 0 fully saturated rings. The van der Waals surface area contributed by atoms with Crippen molar-refractivity contribution in [3.8, 4) is 17.6 Å². The largest absolute Gasteiger partial charge is 0.493 e. The van der Waals surface area contributed by atoms with E-state index in [4.69, 9.17) is 21.1 Å². The fourth-order valence-corrected chi connectivity index (χ4v) is 3.71. The molecule has 0 spiro atoms. The zero-order valence-electron chi connectivity index (χ0n) is 21.4. The molecule has 2 amide bonds. The lowest BCUT2D eigenvalue weighted by atomic mass is 10.0. The maximum Gasteiger partial charge on any atom is 0.262 e. The number of ether oxygens (including phenoxy) is 2. The third-order valence-corrected chi connectivity index (χ3v) is 5.78. The number of halogens is 1. The highest BCUT2D eigenvalue weighted by Crippen LogP contribution is 2.28. The predicted molar refractivity (Wildman–Crippen MR) is 146 cm³/mol. The van der Waals surface area contributed by atoms with Gasteiger partial charge < -0.3 is 14.8 Å². The number of methoxy groups -OCH3 is 1. The van der Waals surface area contributed by atoms with Gasteiger partial charge in [0.05, 0.1) is 25.0 Å². The summed E-state index contributed by atoms with van der Waals surface area (Å²) in [6.07, 6.45) is 1.91. The molecule has 3 aromatic carbocycles. The smallest absolute Gasteiger partial charge is 0.262 e. The summed E-state index contributed by atoms with van der Waals surface area (Å²) in [6, 6.07) is 20.2. The van der Waals surface area contributed by atoms with Crippen LogP contribution < -0.4 is 20.2 Å². The van der Waals surface area contributed by atoms with Gasteiger partial charge in [-0.05, 0) is 66.4 Å². The van der Waals surface area contributed by atoms with Crippen LogP contribution in [-0.2, 0) is 11.4 Å². The maximum atomic E-state index is 12.8. The van der Waals surface area contributed by atoms with Crippen LogP contribution in [0.4, 0.5) is 0 Å². The van der Waals surface area contributed by atoms with Crippen molar-refractivity contribution in [3.63, 3.8) is 0 Å². The van der Waals surface area contributed by atoms with Crippen LogP contribution in [-0.4, -0.2) is 31.2 Å². The van der Waals surface area contributed by atoms with Gasteiger partial charge in [-0.2, -0.15) is 10.4 Å². The molecule has 2 N–H and O–H groups in total. The molecule has 3 aromatic rings. The van der Waals surface area contributed by atoms with E-state index >= 15 is 0 Å². The van der Waals surface area contributed by atoms with Crippen LogP contribution in [0.25, 0.3) is 0 Å². The van der Waals surface area contributed by atoms with Gasteiger partial charge in [0.25, 0.3) is 11.8 Å². The molecule has 3 rings (SSSR count). The van der Waals surface area contributed by atoms with E-state index in [0.29, 0.717) is 39.6 Å². The average Bonchev–Trinajstić information content (AvgIpc) is 2.91. The topological polar surface area (TPSA) is 113 Å². The molecular formula is C29H29ClN4O4. The summed E-state index contributed by atoms with van der Waals surface area (Å²) in [5.41, 5.74) is 4.89. The number of rotatable bonds is 11. The van der Waals surface area contributed by atoms with Gasteiger partial charge in [0.1, 0.15) is 12.6 Å². The van der Waals surface area contributed by atoms with Crippen molar-refractivity contribution in [1.82, 2.24) is 10.7 Å². The van der Waals surface area contributed by atoms with E-state index in [-0.39, 0.29) is 18.4 Å². The molecule has 0 aromatic heterocycles. The van der Waals surface area contributed by atoms with E-state index in [1.165, 1.54) is 13.3 Å². The van der Waals surface area contributed by atoms with Crippen molar-refractivity contribution in [1.29, 1.82) is 5.26 Å². The highest BCUT2D eigenvalue weighted by Gasteiger charge is 2.22. The summed E-state index contributed by atoms with van der Waals surface area (Å²) in [5, 5.41) is 16.6. The van der Waals surface area contributed by atoms with Crippen molar-refractivity contribution in [3.05, 3.63) is 94.0 Å². The summed E-state index contributed by atoms with van der Waals surface area (Å²) in [4.78, 5) is 25.4. The number of nitrogens with one attached hydrogen (secondary N) is 2. The number of carbonyl (C=O) groups is 2. The average molecular weight is 533 g/mol. The molecule has 0 saturated carbocycles. The molecule has 0 aliphatic rings. The van der Waals surface area contributed by atoms with Crippen molar-refractivity contribution in [2.24, 2.45) is 11.0 Å². The number of nitrogens with zero attached hydrogens (tertiary/aromatic N) is 2. The van der Waals surface area contributed by atoms with E-state index in [9.17, 15) is 14.9 Å². The third-order valence-electron chi connectivity index (χ3n) is 5.53. The Labute approximate surface area is 227 Å². The van der Waals surface area contributed by atoms with Crippen LogP contribution in [0.5, 0.6) is 11.5 Å². The van der Waals surface area contributed by atoms with E-state index in [1.807, 2.05) is 26.0 Å². The summed E-state index contributed by atoms with van der Waals surface area (Å²) in [7, 11) is 1.52. The number of hydrazone groups is 1. The summed E-state index contributed by atoms with van der Waals surface area (Å²) in [5.74, 6) is 0.340. The molecule has 8 nitrogen and oxygen atoms in total. The maximum absolute atomic E-state index is 12.8. The molecule has 1 atom stereocenters. The molecule has 0 saturated heterocycles. The predicted octanol–water partition coefficient (Wildman–Crippen LogP) is 5.09. The molecular weight excluding hydrogens is 504 g/mol. The number of nitriles is 1. The Balaban J connectivity index is 1.63. The van der Waals surface area contributed by atoms with Crippen molar-refractivity contribution in [2.75, 3.05) is 7.11 Å². The minimum absolute atomic E-state index is 0.164. The first kappa shape index (κ1) is 28.2. The normalized spacial score (nSPS) is 11.6. The summed E-state index contributed by atoms with van der Waals surface area (Å²) < 4.78 is 11.3. The van der Waals surface area contributed by atoms with Gasteiger partial charge in [-0.1, -0.05) is 43.6 Å². The second-order valence-electron chi connectivity index (χ2n) is 8.86. The molecule has 9 heteroatoms. The molecule has 196 valence electrons. The zero-order valence-corrected chi connectivity index (χ0v) is 22.2. The van der Waals surface area contributed by atoms with Crippen LogP contribution >= 0.6 is 11.6 Å². The molecule has 0 bridgehead atoms. The van der Waals surface area contributed by atoms with Crippen LogP contribution in [0.3, 0.4) is 0 Å². The lowest BCUT2D eigenvalue weighted by Crippen LogP contribution is -2.46. The van der Waals surface area contributed by atoms with E-state index in [1.54, 1.807) is 54.6 Å². The number of amides is 2. The monoisotopic (exact) mass is 532 g/mol. The zero-order chi connectivity index (χ0) is 27.5. The van der Waals surface area contributed by atoms with Crippen LogP contribution in [0.15, 0.2) is 71.8 Å². The quantitative estimate of drug-likeness (QED) is 0.264. The molecule has 0 radical (unpaired) electrons. The fraction of sp³-hybridized carbons (Fsp3) is 0.241. The van der Waals surface area contributed by atoms with E-state index in [0.717, 1.165) is 5.56 Å². The standard InChI is InChI=1S/C29H29ClN4O4/c1-19(2)14-25(33-28(35)21-9-11-24(30)12-10-21)29(36)34-32-17-20-8-13-26(27(15-20)37-3)38-18-23-7-5-4-6-22(23)16-31/h4-13,15,17,19,25H,14,18H2,1-3H3,(H,33,35)(H,34,36)/b32-17+. The number of hydrogen-bond donors (Lipinski definition) is 2. The fourth-order valence-electron chi connectivity index (χ4n) is 3.59. The van der Waals surface area contributed by atoms with Gasteiger partial charge in [-0.15, -0.1) is 0 Å². The minimum atomic E-state index is -0.767. The van der Waals surface area contributed by atoms with Gasteiger partial charge in [-0.25, -0.2) is 5.43 Å². The number of benzene rings is 3. The van der Waals surface area contributed by atoms with Crippen LogP contribution in [0, 0.1) is 17.2 Å². The van der Waals surface area contributed by atoms with Gasteiger partial charge in [0, 0.05) is 16.1 Å². The first-order chi connectivity index (χ1) is 18.3. The second kappa shape index (κ2) is 13.8. The first-order valence-corrected chi connectivity index (χ1v) is 12.4. The molecule has 0 aliphatic carbocycles. The summed E-state index contributed by atoms with van der Waals surface area (Å²) in [6.45, 7) is 4.14. The van der Waals surface area contributed by atoms with Crippen LogP contribution in [0.2, 0.25) is 5.02 Å². The molecule has 0 heterocycles. The van der Waals surface area contributed by atoms with E-state index in [2.05, 4.69) is 21.9 Å². The highest BCUT2D eigenvalue weighted by atomic mass is 35.5. The first-order valence-electron chi connectivity index (χ1n) is 12.0. The Bertz CT molecular complexity index is 1330. The third kappa shape index (κ3) is 8.08. The molecule has 0 aliphatic heterocycles. The lowest BCUT2D eigenvalue weighted by Gasteiger charge is -2.19. The SMILES string of the molecule is COc1cc(/C=N/NC(=O)C(CC(C)C)NC(=O)c2ccc(Cl)cc2)ccc1OCc1ccccc1C#N. The van der Waals surface area contributed by atoms with E-state index < -0.39 is 11.9 Å². The van der Waals surface area contributed by atoms with Gasteiger partial charge in [-0.3, -0.25) is 9.59 Å². The van der Waals surface area contributed by atoms with Gasteiger partial charge in [0.2, 0.25) is 0 Å². The Morgan fingerprint density at radius 2 is 1.82 bits per heavy atom. The Morgan fingerprint density at radius 3 is 2.50 bits per heavy atom. The Kier molecular flexibility index (Phi) is 10.3. The van der Waals surface area contributed by atoms with Crippen molar-refractivity contribution >= 4 is 29.6 Å². The highest BCUT2D eigenvalue weighted by molar-refractivity contribution is 6.30. The Morgan fingerprint density at radius 1 is 1.08 bits per heavy atom. The Hall–Kier alpha value is -4.35. The lowest BCUT2D eigenvalue weighted by molar-refractivity contribution is -0.123. The second-order valence-corrected chi connectivity index (χ2v) is 9.30. The molecule has 1 unspecified atom stereocenters.